The molecule has 4 aromatic rings. The molecule has 0 atom stereocenters. The molecule has 0 saturated carbocycles. The number of rotatable bonds is 7. The van der Waals surface area contributed by atoms with E-state index in [-0.39, 0.29) is 12.2 Å². The van der Waals surface area contributed by atoms with Crippen molar-refractivity contribution in [3.05, 3.63) is 60.7 Å². The minimum Gasteiger partial charge on any atom is -0.457 e. The molecule has 1 aliphatic heterocycles. The molecule has 1 fully saturated rings. The van der Waals surface area contributed by atoms with Crippen molar-refractivity contribution in [3.63, 3.8) is 0 Å². The topological polar surface area (TPSA) is 94.4 Å². The number of nitrogens with one attached hydrogen (secondary N) is 1. The Labute approximate surface area is 197 Å². The fourth-order valence-electron chi connectivity index (χ4n) is 3.98. The minimum absolute atomic E-state index is 0.0604. The number of carbonyl (C=O) groups is 1. The summed E-state index contributed by atoms with van der Waals surface area (Å²) in [7, 11) is 1.97. The quantitative estimate of drug-likeness (QED) is 0.446. The number of pyridine rings is 2. The molecule has 0 amide bonds. The fourth-order valence-corrected chi connectivity index (χ4v) is 3.98. The highest BCUT2D eigenvalue weighted by atomic mass is 16.5. The molecule has 5 rings (SSSR count). The number of hydrogen-bond donors (Lipinski definition) is 1. The van der Waals surface area contributed by atoms with Crippen LogP contribution in [0.3, 0.4) is 0 Å². The monoisotopic (exact) mass is 458 g/mol. The zero-order valence-electron chi connectivity index (χ0n) is 19.2. The summed E-state index contributed by atoms with van der Waals surface area (Å²) in [4.78, 5) is 27.0. The first-order chi connectivity index (χ1) is 16.5. The summed E-state index contributed by atoms with van der Waals surface area (Å²) in [5, 5.41) is 3.39. The van der Waals surface area contributed by atoms with Gasteiger partial charge in [-0.05, 0) is 31.2 Å². The molecule has 1 aliphatic rings. The maximum Gasteiger partial charge on any atom is 0.208 e. The molecule has 1 N–H and O–H groups in total. The number of carbonyl (C=O) groups excluding carboxylic acids is 1. The van der Waals surface area contributed by atoms with Crippen LogP contribution < -0.4 is 15.0 Å². The number of Topliss-reactive ketones (excluding diaryl/α,β-unsaturated/α-hetero) is 1. The van der Waals surface area contributed by atoms with E-state index in [1.165, 1.54) is 0 Å². The zero-order chi connectivity index (χ0) is 23.5. The number of morpholine rings is 1. The normalized spacial score (nSPS) is 13.8. The van der Waals surface area contributed by atoms with Crippen molar-refractivity contribution >= 4 is 34.1 Å². The SMILES string of the molecule is CC(=O)Cc1cc(Oc2ccc3c(c2)nc(Nc2cncc(N4CCOCC4)c2)n3C)ccn1. The lowest BCUT2D eigenvalue weighted by molar-refractivity contribution is -0.116. The first kappa shape index (κ1) is 21.8. The maximum atomic E-state index is 11.4. The van der Waals surface area contributed by atoms with Crippen molar-refractivity contribution < 1.29 is 14.3 Å². The highest BCUT2D eigenvalue weighted by Gasteiger charge is 2.14. The van der Waals surface area contributed by atoms with Gasteiger partial charge in [0.25, 0.3) is 0 Å². The van der Waals surface area contributed by atoms with E-state index >= 15 is 0 Å². The summed E-state index contributed by atoms with van der Waals surface area (Å²) in [6.45, 7) is 4.71. The van der Waals surface area contributed by atoms with Gasteiger partial charge in [0.2, 0.25) is 5.95 Å². The van der Waals surface area contributed by atoms with Crippen LogP contribution in [-0.2, 0) is 23.0 Å². The van der Waals surface area contributed by atoms with Gasteiger partial charge in [-0.1, -0.05) is 0 Å². The van der Waals surface area contributed by atoms with Gasteiger partial charge >= 0.3 is 0 Å². The van der Waals surface area contributed by atoms with Gasteiger partial charge in [0.05, 0.1) is 53.7 Å². The van der Waals surface area contributed by atoms with Gasteiger partial charge in [0.15, 0.2) is 0 Å². The minimum atomic E-state index is 0.0604. The van der Waals surface area contributed by atoms with Crippen LogP contribution in [-0.4, -0.2) is 51.6 Å². The summed E-state index contributed by atoms with van der Waals surface area (Å²) < 4.78 is 13.5. The number of anilines is 3. The van der Waals surface area contributed by atoms with Crippen LogP contribution in [0.2, 0.25) is 0 Å². The first-order valence-electron chi connectivity index (χ1n) is 11.2. The molecule has 0 radical (unpaired) electrons. The Hall–Kier alpha value is -3.98. The maximum absolute atomic E-state index is 11.4. The van der Waals surface area contributed by atoms with E-state index in [2.05, 4.69) is 26.3 Å². The van der Waals surface area contributed by atoms with Gasteiger partial charge in [-0.15, -0.1) is 0 Å². The number of aromatic nitrogens is 4. The second-order valence-electron chi connectivity index (χ2n) is 8.26. The summed E-state index contributed by atoms with van der Waals surface area (Å²) >= 11 is 0. The molecular formula is C25H26N6O3. The van der Waals surface area contributed by atoms with Crippen molar-refractivity contribution in [2.24, 2.45) is 7.05 Å². The van der Waals surface area contributed by atoms with E-state index in [1.54, 1.807) is 31.5 Å². The predicted molar refractivity (Wildman–Crippen MR) is 130 cm³/mol. The summed E-state index contributed by atoms with van der Waals surface area (Å²) in [5.74, 6) is 2.06. The third-order valence-corrected chi connectivity index (χ3v) is 5.66. The van der Waals surface area contributed by atoms with Crippen LogP contribution in [0.15, 0.2) is 55.0 Å². The number of hydrogen-bond acceptors (Lipinski definition) is 8. The molecule has 0 aliphatic carbocycles. The van der Waals surface area contributed by atoms with Gasteiger partial charge < -0.3 is 24.3 Å². The van der Waals surface area contributed by atoms with Gasteiger partial charge in [-0.3, -0.25) is 14.8 Å². The van der Waals surface area contributed by atoms with Crippen LogP contribution in [0.5, 0.6) is 11.5 Å². The highest BCUT2D eigenvalue weighted by molar-refractivity contribution is 5.81. The lowest BCUT2D eigenvalue weighted by Gasteiger charge is -2.28. The molecule has 174 valence electrons. The Bertz CT molecular complexity index is 1330. The van der Waals surface area contributed by atoms with E-state index in [0.29, 0.717) is 23.1 Å². The van der Waals surface area contributed by atoms with E-state index < -0.39 is 0 Å². The van der Waals surface area contributed by atoms with Crippen molar-refractivity contribution in [1.82, 2.24) is 19.5 Å². The van der Waals surface area contributed by atoms with Crippen LogP contribution in [0.4, 0.5) is 17.3 Å². The standard InChI is InChI=1S/C25H26N6O3/c1-17(32)11-18-13-22(5-6-27-18)34-21-3-4-24-23(14-21)29-25(30(24)2)28-19-12-20(16-26-15-19)31-7-9-33-10-8-31/h3-6,12-16H,7-11H2,1-2H3,(H,28,29). The molecule has 0 unspecified atom stereocenters. The Morgan fingerprint density at radius 3 is 2.76 bits per heavy atom. The van der Waals surface area contributed by atoms with Crippen molar-refractivity contribution in [2.45, 2.75) is 13.3 Å². The Morgan fingerprint density at radius 1 is 1.12 bits per heavy atom. The predicted octanol–water partition coefficient (Wildman–Crippen LogP) is 3.87. The second-order valence-corrected chi connectivity index (χ2v) is 8.26. The number of benzene rings is 1. The van der Waals surface area contributed by atoms with Crippen molar-refractivity contribution in [3.8, 4) is 11.5 Å². The van der Waals surface area contributed by atoms with Gasteiger partial charge in [0.1, 0.15) is 17.3 Å². The number of fused-ring (bicyclic) bond motifs is 1. The summed E-state index contributed by atoms with van der Waals surface area (Å²) in [6, 6.07) is 11.4. The second kappa shape index (κ2) is 9.48. The number of ketones is 1. The van der Waals surface area contributed by atoms with Crippen molar-refractivity contribution in [1.29, 1.82) is 0 Å². The molecular weight excluding hydrogens is 432 g/mol. The molecule has 0 spiro atoms. The fraction of sp³-hybridized carbons (Fsp3) is 0.280. The van der Waals surface area contributed by atoms with E-state index in [4.69, 9.17) is 14.5 Å². The van der Waals surface area contributed by atoms with E-state index in [9.17, 15) is 4.79 Å². The zero-order valence-corrected chi connectivity index (χ0v) is 19.2. The van der Waals surface area contributed by atoms with Gasteiger partial charge in [-0.2, -0.15) is 0 Å². The van der Waals surface area contributed by atoms with Gasteiger partial charge in [-0.25, -0.2) is 4.98 Å². The lowest BCUT2D eigenvalue weighted by atomic mass is 10.2. The molecule has 0 bridgehead atoms. The number of aryl methyl sites for hydroxylation is 1. The van der Waals surface area contributed by atoms with Gasteiger partial charge in [0, 0.05) is 44.9 Å². The third kappa shape index (κ3) is 4.84. The van der Waals surface area contributed by atoms with E-state index in [0.717, 1.165) is 48.7 Å². The third-order valence-electron chi connectivity index (χ3n) is 5.66. The smallest absolute Gasteiger partial charge is 0.208 e. The van der Waals surface area contributed by atoms with E-state index in [1.807, 2.05) is 36.0 Å². The molecule has 4 heterocycles. The van der Waals surface area contributed by atoms with Crippen LogP contribution in [0, 0.1) is 0 Å². The average molecular weight is 459 g/mol. The van der Waals surface area contributed by atoms with Crippen LogP contribution in [0.25, 0.3) is 11.0 Å². The molecule has 1 aromatic carbocycles. The Morgan fingerprint density at radius 2 is 1.94 bits per heavy atom. The van der Waals surface area contributed by atoms with Crippen LogP contribution in [0.1, 0.15) is 12.6 Å². The largest absolute Gasteiger partial charge is 0.457 e. The Kier molecular flexibility index (Phi) is 6.09. The molecule has 3 aromatic heterocycles. The molecule has 9 nitrogen and oxygen atoms in total. The lowest BCUT2D eigenvalue weighted by Crippen LogP contribution is -2.36. The average Bonchev–Trinajstić information content (AvgIpc) is 3.14. The highest BCUT2D eigenvalue weighted by Crippen LogP contribution is 2.29. The molecule has 1 saturated heterocycles. The molecule has 34 heavy (non-hydrogen) atoms. The van der Waals surface area contributed by atoms with Crippen molar-refractivity contribution in [2.75, 3.05) is 36.5 Å². The summed E-state index contributed by atoms with van der Waals surface area (Å²) in [6.07, 6.45) is 5.59. The van der Waals surface area contributed by atoms with Crippen LogP contribution >= 0.6 is 0 Å². The Balaban J connectivity index is 1.35. The molecule has 9 heteroatoms. The first-order valence-corrected chi connectivity index (χ1v) is 11.2. The number of ether oxygens (including phenoxy) is 2. The number of nitrogens with zero attached hydrogens (tertiary/aromatic N) is 5. The summed E-state index contributed by atoms with van der Waals surface area (Å²) in [5.41, 5.74) is 4.39. The number of imidazole rings is 1.